The molecule has 0 aromatic heterocycles. The average molecular weight is 516 g/mol. The Bertz CT molecular complexity index is 1350. The Hall–Kier alpha value is -3.71. The summed E-state index contributed by atoms with van der Waals surface area (Å²) in [5.74, 6) is 1.31. The lowest BCUT2D eigenvalue weighted by Gasteiger charge is -2.28. The normalized spacial score (nSPS) is 14.3. The predicted molar refractivity (Wildman–Crippen MR) is 145 cm³/mol. The van der Waals surface area contributed by atoms with Crippen LogP contribution in [0.4, 0.5) is 5.69 Å². The first-order valence-corrected chi connectivity index (χ1v) is 13.4. The van der Waals surface area contributed by atoms with Crippen LogP contribution in [0.1, 0.15) is 63.9 Å². The van der Waals surface area contributed by atoms with Crippen molar-refractivity contribution < 1.29 is 23.9 Å². The van der Waals surface area contributed by atoms with E-state index in [1.807, 2.05) is 18.2 Å². The third-order valence-electron chi connectivity index (χ3n) is 7.55. The number of hydrogen-bond donors (Lipinski definition) is 0. The average Bonchev–Trinajstić information content (AvgIpc) is 2.95. The van der Waals surface area contributed by atoms with E-state index in [2.05, 4.69) is 6.07 Å². The zero-order chi connectivity index (χ0) is 26.5. The molecule has 5 rings (SSSR count). The summed E-state index contributed by atoms with van der Waals surface area (Å²) in [4.78, 5) is 23.2. The molecule has 0 heterocycles. The van der Waals surface area contributed by atoms with Crippen molar-refractivity contribution in [2.24, 2.45) is 0 Å². The molecule has 2 aliphatic carbocycles. The van der Waals surface area contributed by atoms with Crippen molar-refractivity contribution in [1.82, 2.24) is 0 Å². The summed E-state index contributed by atoms with van der Waals surface area (Å²) < 4.78 is 18.0. The van der Waals surface area contributed by atoms with Gasteiger partial charge in [-0.1, -0.05) is 18.2 Å². The molecule has 0 unspecified atom stereocenters. The number of nitro groups is 1. The van der Waals surface area contributed by atoms with Gasteiger partial charge >= 0.3 is 0 Å². The number of fused-ring (bicyclic) bond motifs is 2. The second-order valence-corrected chi connectivity index (χ2v) is 9.97. The SMILES string of the molecule is COCCOc1c(C=O)cc2c(c1-c1c(OCc3cccc([N+](=O)[O-])c3)ccc3c1CCCC3)CCCC2. The quantitative estimate of drug-likeness (QED) is 0.134. The van der Waals surface area contributed by atoms with Crippen molar-refractivity contribution in [1.29, 1.82) is 0 Å². The molecular weight excluding hydrogens is 482 g/mol. The molecule has 0 fully saturated rings. The van der Waals surface area contributed by atoms with Crippen LogP contribution in [0.3, 0.4) is 0 Å². The highest BCUT2D eigenvalue weighted by Gasteiger charge is 2.28. The molecule has 0 amide bonds. The Morgan fingerprint density at radius 1 is 0.868 bits per heavy atom. The number of benzene rings is 3. The van der Waals surface area contributed by atoms with Crippen molar-refractivity contribution >= 4 is 12.0 Å². The Labute approximate surface area is 222 Å². The molecule has 0 aliphatic heterocycles. The second kappa shape index (κ2) is 11.8. The van der Waals surface area contributed by atoms with Gasteiger partial charge in [0.15, 0.2) is 6.29 Å². The number of non-ortho nitro benzene ring substituents is 1. The summed E-state index contributed by atoms with van der Waals surface area (Å²) in [6, 6.07) is 12.7. The minimum absolute atomic E-state index is 0.0401. The van der Waals surface area contributed by atoms with Gasteiger partial charge < -0.3 is 14.2 Å². The first-order chi connectivity index (χ1) is 18.6. The van der Waals surface area contributed by atoms with E-state index in [0.717, 1.165) is 74.3 Å². The second-order valence-electron chi connectivity index (χ2n) is 9.97. The Morgan fingerprint density at radius 3 is 2.34 bits per heavy atom. The monoisotopic (exact) mass is 515 g/mol. The molecule has 198 valence electrons. The molecule has 0 atom stereocenters. The van der Waals surface area contributed by atoms with Gasteiger partial charge in [-0.25, -0.2) is 0 Å². The maximum absolute atomic E-state index is 12.3. The van der Waals surface area contributed by atoms with E-state index >= 15 is 0 Å². The number of methoxy groups -OCH3 is 1. The lowest BCUT2D eigenvalue weighted by molar-refractivity contribution is -0.384. The van der Waals surface area contributed by atoms with Crippen LogP contribution >= 0.6 is 0 Å². The molecule has 2 aliphatic rings. The lowest BCUT2D eigenvalue weighted by Crippen LogP contribution is -2.14. The molecule has 0 saturated heterocycles. The zero-order valence-electron chi connectivity index (χ0n) is 21.8. The van der Waals surface area contributed by atoms with E-state index in [0.29, 0.717) is 30.3 Å². The highest BCUT2D eigenvalue weighted by molar-refractivity contribution is 5.92. The lowest BCUT2D eigenvalue weighted by atomic mass is 9.79. The smallest absolute Gasteiger partial charge is 0.269 e. The van der Waals surface area contributed by atoms with E-state index in [-0.39, 0.29) is 12.3 Å². The van der Waals surface area contributed by atoms with Crippen molar-refractivity contribution in [3.05, 3.63) is 86.0 Å². The van der Waals surface area contributed by atoms with Gasteiger partial charge in [-0.3, -0.25) is 14.9 Å². The van der Waals surface area contributed by atoms with E-state index in [4.69, 9.17) is 14.2 Å². The molecule has 3 aromatic rings. The van der Waals surface area contributed by atoms with Gasteiger partial charge in [0, 0.05) is 30.4 Å². The van der Waals surface area contributed by atoms with Gasteiger partial charge in [-0.15, -0.1) is 0 Å². The van der Waals surface area contributed by atoms with Crippen LogP contribution in [0, 0.1) is 10.1 Å². The Balaban J connectivity index is 1.67. The Morgan fingerprint density at radius 2 is 1.61 bits per heavy atom. The highest BCUT2D eigenvalue weighted by atomic mass is 16.6. The van der Waals surface area contributed by atoms with Crippen molar-refractivity contribution in [3.8, 4) is 22.6 Å². The first kappa shape index (κ1) is 25.9. The maximum Gasteiger partial charge on any atom is 0.269 e. The summed E-state index contributed by atoms with van der Waals surface area (Å²) >= 11 is 0. The topological polar surface area (TPSA) is 87.9 Å². The number of rotatable bonds is 10. The van der Waals surface area contributed by atoms with Gasteiger partial charge in [0.25, 0.3) is 5.69 Å². The van der Waals surface area contributed by atoms with Gasteiger partial charge in [0.1, 0.15) is 24.7 Å². The number of ether oxygens (including phenoxy) is 3. The van der Waals surface area contributed by atoms with E-state index in [1.54, 1.807) is 19.2 Å². The molecule has 0 saturated carbocycles. The van der Waals surface area contributed by atoms with E-state index < -0.39 is 4.92 Å². The van der Waals surface area contributed by atoms with Crippen molar-refractivity contribution in [2.75, 3.05) is 20.3 Å². The van der Waals surface area contributed by atoms with Gasteiger partial charge in [0.2, 0.25) is 0 Å². The van der Waals surface area contributed by atoms with Crippen LogP contribution in [-0.4, -0.2) is 31.5 Å². The Kier molecular flexibility index (Phi) is 8.03. The molecule has 7 heteroatoms. The van der Waals surface area contributed by atoms with Crippen LogP contribution in [0.25, 0.3) is 11.1 Å². The fourth-order valence-corrected chi connectivity index (χ4v) is 5.76. The number of hydrogen-bond acceptors (Lipinski definition) is 6. The summed E-state index contributed by atoms with van der Waals surface area (Å²) in [6.45, 7) is 0.947. The number of nitro benzene ring substituents is 1. The summed E-state index contributed by atoms with van der Waals surface area (Å²) in [7, 11) is 1.63. The third kappa shape index (κ3) is 5.29. The highest BCUT2D eigenvalue weighted by Crippen LogP contribution is 2.48. The van der Waals surface area contributed by atoms with Crippen molar-refractivity contribution in [3.63, 3.8) is 0 Å². The van der Waals surface area contributed by atoms with Crippen LogP contribution in [0.5, 0.6) is 11.5 Å². The minimum Gasteiger partial charge on any atom is -0.490 e. The third-order valence-corrected chi connectivity index (χ3v) is 7.55. The van der Waals surface area contributed by atoms with Crippen LogP contribution in [0.2, 0.25) is 0 Å². The predicted octanol–water partition coefficient (Wildman–Crippen LogP) is 6.44. The van der Waals surface area contributed by atoms with Crippen LogP contribution < -0.4 is 9.47 Å². The van der Waals surface area contributed by atoms with E-state index in [1.165, 1.54) is 28.3 Å². The molecule has 0 N–H and O–H groups in total. The van der Waals surface area contributed by atoms with Crippen LogP contribution in [-0.2, 0) is 37.0 Å². The molecular formula is C31H33NO6. The molecule has 0 bridgehead atoms. The largest absolute Gasteiger partial charge is 0.490 e. The summed E-state index contributed by atoms with van der Waals surface area (Å²) in [5, 5.41) is 11.3. The van der Waals surface area contributed by atoms with Crippen molar-refractivity contribution in [2.45, 2.75) is 58.0 Å². The molecule has 0 radical (unpaired) electrons. The van der Waals surface area contributed by atoms with Gasteiger partial charge in [0.05, 0.1) is 17.1 Å². The number of carbonyl (C=O) groups excluding carboxylic acids is 1. The fourth-order valence-electron chi connectivity index (χ4n) is 5.76. The number of carbonyl (C=O) groups is 1. The number of aryl methyl sites for hydroxylation is 2. The number of nitrogens with zero attached hydrogens (tertiary/aromatic N) is 1. The molecule has 38 heavy (non-hydrogen) atoms. The van der Waals surface area contributed by atoms with Gasteiger partial charge in [-0.05, 0) is 91.3 Å². The minimum atomic E-state index is -0.394. The van der Waals surface area contributed by atoms with Crippen LogP contribution in [0.15, 0.2) is 42.5 Å². The maximum atomic E-state index is 12.3. The fraction of sp³-hybridized carbons (Fsp3) is 0.387. The first-order valence-electron chi connectivity index (χ1n) is 13.4. The number of aldehydes is 1. The van der Waals surface area contributed by atoms with E-state index in [9.17, 15) is 14.9 Å². The summed E-state index contributed by atoms with van der Waals surface area (Å²) in [5.41, 5.74) is 8.27. The van der Waals surface area contributed by atoms with Gasteiger partial charge in [-0.2, -0.15) is 0 Å². The standard InChI is InChI=1S/C31H33NO6/c1-36-15-16-37-31-24(19-33)18-23-9-3-5-12-27(23)30(31)29-26-11-4-2-8-22(26)13-14-28(29)38-20-21-7-6-10-25(17-21)32(34)35/h6-7,10,13-14,17-19H,2-5,8-9,11-12,15-16,20H2,1H3. The summed E-state index contributed by atoms with van der Waals surface area (Å²) in [6.07, 6.45) is 9.07. The zero-order valence-corrected chi connectivity index (χ0v) is 21.8. The molecule has 7 nitrogen and oxygen atoms in total. The molecule has 3 aromatic carbocycles. The molecule has 0 spiro atoms.